The number of methoxy groups -OCH3 is 1. The third kappa shape index (κ3) is 6.54. The first-order chi connectivity index (χ1) is 5.35. The van der Waals surface area contributed by atoms with Gasteiger partial charge in [-0.2, -0.15) is 8.42 Å². The lowest BCUT2D eigenvalue weighted by molar-refractivity contribution is 0.101. The van der Waals surface area contributed by atoms with E-state index < -0.39 is 22.1 Å². The minimum absolute atomic E-state index is 0.302. The van der Waals surface area contributed by atoms with E-state index in [0.29, 0.717) is 12.3 Å². The number of hydrogen-bond donors (Lipinski definition) is 0. The Balaban J connectivity index is 4.01. The summed E-state index contributed by atoms with van der Waals surface area (Å²) in [6, 6.07) is 0. The molecule has 0 aromatic carbocycles. The molecule has 1 atom stereocenters. The van der Waals surface area contributed by atoms with E-state index in [2.05, 4.69) is 0 Å². The van der Waals surface area contributed by atoms with Gasteiger partial charge in [-0.1, -0.05) is 13.8 Å². The van der Waals surface area contributed by atoms with Gasteiger partial charge in [-0.3, -0.25) is 0 Å². The average molecular weight is 198 g/mol. The Hall–Kier alpha value is -0.160. The summed E-state index contributed by atoms with van der Waals surface area (Å²) in [7, 11) is -3.02. The van der Waals surface area contributed by atoms with Gasteiger partial charge in [0.25, 0.3) is 0 Å². The van der Waals surface area contributed by atoms with Gasteiger partial charge < -0.3 is 4.74 Å². The average Bonchev–Trinajstić information content (AvgIpc) is 1.82. The van der Waals surface area contributed by atoms with Gasteiger partial charge in [0.1, 0.15) is 5.75 Å². The summed E-state index contributed by atoms with van der Waals surface area (Å²) in [6.07, 6.45) is 0.0274. The van der Waals surface area contributed by atoms with Crippen LogP contribution in [-0.2, 0) is 15.0 Å². The van der Waals surface area contributed by atoms with Crippen molar-refractivity contribution >= 4 is 10.2 Å². The lowest BCUT2D eigenvalue weighted by Crippen LogP contribution is -2.22. The number of halogens is 1. The van der Waals surface area contributed by atoms with Crippen LogP contribution in [0.4, 0.5) is 3.89 Å². The topological polar surface area (TPSA) is 43.4 Å². The predicted molar refractivity (Wildman–Crippen MR) is 45.1 cm³/mol. The fraction of sp³-hybridized carbons (Fsp3) is 1.00. The molecule has 0 heterocycles. The summed E-state index contributed by atoms with van der Waals surface area (Å²) < 4.78 is 37.5. The fourth-order valence-corrected chi connectivity index (χ4v) is 1.70. The van der Waals surface area contributed by atoms with Gasteiger partial charge in [0, 0.05) is 7.11 Å². The van der Waals surface area contributed by atoms with E-state index in [1.165, 1.54) is 7.11 Å². The highest BCUT2D eigenvalue weighted by molar-refractivity contribution is 7.86. The summed E-state index contributed by atoms with van der Waals surface area (Å²) in [4.78, 5) is 0. The Morgan fingerprint density at radius 3 is 2.17 bits per heavy atom. The first-order valence-corrected chi connectivity index (χ1v) is 5.35. The SMILES string of the molecule is COC(CC(C)C)CS(=O)(=O)F. The van der Waals surface area contributed by atoms with Crippen LogP contribution in [0.1, 0.15) is 20.3 Å². The van der Waals surface area contributed by atoms with Crippen LogP contribution in [-0.4, -0.2) is 27.4 Å². The molecule has 5 heteroatoms. The molecule has 0 spiro atoms. The summed E-state index contributed by atoms with van der Waals surface area (Å²) >= 11 is 0. The number of rotatable bonds is 5. The Morgan fingerprint density at radius 1 is 1.42 bits per heavy atom. The van der Waals surface area contributed by atoms with E-state index in [1.807, 2.05) is 13.8 Å². The van der Waals surface area contributed by atoms with E-state index in [1.54, 1.807) is 0 Å². The summed E-state index contributed by atoms with van der Waals surface area (Å²) in [6.45, 7) is 3.85. The predicted octanol–water partition coefficient (Wildman–Crippen LogP) is 1.35. The van der Waals surface area contributed by atoms with Crippen molar-refractivity contribution in [2.24, 2.45) is 5.92 Å². The van der Waals surface area contributed by atoms with Gasteiger partial charge in [0.15, 0.2) is 0 Å². The van der Waals surface area contributed by atoms with Crippen LogP contribution < -0.4 is 0 Å². The minimum Gasteiger partial charge on any atom is -0.380 e. The zero-order valence-electron chi connectivity index (χ0n) is 7.58. The first-order valence-electron chi connectivity index (χ1n) is 3.80. The molecule has 0 aromatic rings. The molecular weight excluding hydrogens is 183 g/mol. The van der Waals surface area contributed by atoms with E-state index in [4.69, 9.17) is 4.74 Å². The zero-order chi connectivity index (χ0) is 9.78. The van der Waals surface area contributed by atoms with Gasteiger partial charge >= 0.3 is 10.2 Å². The Bertz CT molecular complexity index is 211. The van der Waals surface area contributed by atoms with Gasteiger partial charge in [-0.05, 0) is 12.3 Å². The largest absolute Gasteiger partial charge is 0.380 e. The third-order valence-corrected chi connectivity index (χ3v) is 2.22. The Labute approximate surface area is 73.1 Å². The van der Waals surface area contributed by atoms with Crippen LogP contribution in [0.3, 0.4) is 0 Å². The van der Waals surface area contributed by atoms with E-state index in [0.717, 1.165) is 0 Å². The van der Waals surface area contributed by atoms with Crippen molar-refractivity contribution in [3.8, 4) is 0 Å². The maximum Gasteiger partial charge on any atom is 0.304 e. The molecule has 0 bridgehead atoms. The van der Waals surface area contributed by atoms with Crippen LogP contribution in [0, 0.1) is 5.92 Å². The lowest BCUT2D eigenvalue weighted by atomic mass is 10.1. The molecule has 0 N–H and O–H groups in total. The Morgan fingerprint density at radius 2 is 1.92 bits per heavy atom. The monoisotopic (exact) mass is 198 g/mol. The summed E-state index contributed by atoms with van der Waals surface area (Å²) in [5, 5.41) is 0. The standard InChI is InChI=1S/C7H15FO3S/c1-6(2)4-7(11-3)5-12(8,9)10/h6-7H,4-5H2,1-3H3. The van der Waals surface area contributed by atoms with Crippen molar-refractivity contribution in [2.45, 2.75) is 26.4 Å². The van der Waals surface area contributed by atoms with E-state index in [-0.39, 0.29) is 0 Å². The first kappa shape index (κ1) is 11.8. The number of ether oxygens (including phenoxy) is 1. The smallest absolute Gasteiger partial charge is 0.304 e. The van der Waals surface area contributed by atoms with Crippen molar-refractivity contribution in [3.63, 3.8) is 0 Å². The van der Waals surface area contributed by atoms with Gasteiger partial charge in [0.05, 0.1) is 6.10 Å². The van der Waals surface area contributed by atoms with Gasteiger partial charge in [-0.25, -0.2) is 0 Å². The second kappa shape index (κ2) is 4.77. The molecule has 0 aliphatic carbocycles. The third-order valence-electron chi connectivity index (χ3n) is 1.45. The number of hydrogen-bond acceptors (Lipinski definition) is 3. The van der Waals surface area contributed by atoms with Crippen molar-refractivity contribution in [3.05, 3.63) is 0 Å². The molecule has 74 valence electrons. The summed E-state index contributed by atoms with van der Waals surface area (Å²) in [5.74, 6) is -0.238. The molecular formula is C7H15FO3S. The molecule has 0 aliphatic rings. The minimum atomic E-state index is -4.41. The highest BCUT2D eigenvalue weighted by atomic mass is 32.3. The second-order valence-corrected chi connectivity index (χ2v) is 4.60. The van der Waals surface area contributed by atoms with Gasteiger partial charge in [0.2, 0.25) is 0 Å². The highest BCUT2D eigenvalue weighted by Crippen LogP contribution is 2.10. The highest BCUT2D eigenvalue weighted by Gasteiger charge is 2.18. The maximum atomic E-state index is 12.2. The lowest BCUT2D eigenvalue weighted by Gasteiger charge is -2.14. The molecule has 0 saturated heterocycles. The zero-order valence-corrected chi connectivity index (χ0v) is 8.40. The maximum absolute atomic E-state index is 12.2. The van der Waals surface area contributed by atoms with Crippen molar-refractivity contribution in [2.75, 3.05) is 12.9 Å². The quantitative estimate of drug-likeness (QED) is 0.626. The molecule has 0 amide bonds. The van der Waals surface area contributed by atoms with E-state index in [9.17, 15) is 12.3 Å². The molecule has 0 fully saturated rings. The molecule has 3 nitrogen and oxygen atoms in total. The normalized spacial score (nSPS) is 15.1. The molecule has 0 radical (unpaired) electrons. The summed E-state index contributed by atoms with van der Waals surface area (Å²) in [5.41, 5.74) is 0. The van der Waals surface area contributed by atoms with Crippen molar-refractivity contribution in [1.29, 1.82) is 0 Å². The van der Waals surface area contributed by atoms with Crippen LogP contribution in [0.2, 0.25) is 0 Å². The van der Waals surface area contributed by atoms with Crippen LogP contribution in [0.25, 0.3) is 0 Å². The van der Waals surface area contributed by atoms with Crippen LogP contribution >= 0.6 is 0 Å². The second-order valence-electron chi connectivity index (χ2n) is 3.19. The Kier molecular flexibility index (Phi) is 4.70. The fourth-order valence-electron chi connectivity index (χ4n) is 0.980. The molecule has 0 rings (SSSR count). The molecule has 0 aromatic heterocycles. The van der Waals surface area contributed by atoms with Crippen LogP contribution in [0.15, 0.2) is 0 Å². The van der Waals surface area contributed by atoms with Gasteiger partial charge in [-0.15, -0.1) is 3.89 Å². The molecule has 0 aliphatic heterocycles. The molecule has 1 unspecified atom stereocenters. The van der Waals surface area contributed by atoms with E-state index >= 15 is 0 Å². The van der Waals surface area contributed by atoms with Crippen molar-refractivity contribution < 1.29 is 17.0 Å². The van der Waals surface area contributed by atoms with Crippen LogP contribution in [0.5, 0.6) is 0 Å². The molecule has 12 heavy (non-hydrogen) atoms. The van der Waals surface area contributed by atoms with Crippen molar-refractivity contribution in [1.82, 2.24) is 0 Å². The molecule has 0 saturated carbocycles.